The first-order valence-corrected chi connectivity index (χ1v) is 6.51. The van der Waals surface area contributed by atoms with Gasteiger partial charge in [-0.3, -0.25) is 4.79 Å². The average molecular weight is 265 g/mol. The van der Waals surface area contributed by atoms with Crippen molar-refractivity contribution in [3.8, 4) is 5.75 Å². The van der Waals surface area contributed by atoms with Crippen LogP contribution in [-0.2, 0) is 16.1 Å². The van der Waals surface area contributed by atoms with Crippen molar-refractivity contribution in [1.29, 1.82) is 0 Å². The van der Waals surface area contributed by atoms with Crippen LogP contribution in [0.25, 0.3) is 0 Å². The molecule has 4 heteroatoms. The fraction of sp³-hybridized carbons (Fsp3) is 0.533. The molecule has 0 aliphatic rings. The van der Waals surface area contributed by atoms with Gasteiger partial charge in [-0.2, -0.15) is 0 Å². The van der Waals surface area contributed by atoms with Gasteiger partial charge in [0.1, 0.15) is 11.8 Å². The van der Waals surface area contributed by atoms with Crippen LogP contribution >= 0.6 is 0 Å². The van der Waals surface area contributed by atoms with Crippen LogP contribution < -0.4 is 10.1 Å². The predicted octanol–water partition coefficient (Wildman–Crippen LogP) is 2.37. The van der Waals surface area contributed by atoms with Gasteiger partial charge in [0.25, 0.3) is 0 Å². The molecule has 0 unspecified atom stereocenters. The molecular weight excluding hydrogens is 242 g/mol. The number of benzene rings is 1. The molecule has 0 saturated heterocycles. The molecule has 4 nitrogen and oxygen atoms in total. The van der Waals surface area contributed by atoms with E-state index in [0.29, 0.717) is 12.5 Å². The van der Waals surface area contributed by atoms with E-state index >= 15 is 0 Å². The lowest BCUT2D eigenvalue weighted by molar-refractivity contribution is -0.143. The number of para-hydroxylation sites is 1. The first-order chi connectivity index (χ1) is 9.08. The van der Waals surface area contributed by atoms with Gasteiger partial charge in [0.2, 0.25) is 0 Å². The van der Waals surface area contributed by atoms with Gasteiger partial charge >= 0.3 is 5.97 Å². The summed E-state index contributed by atoms with van der Waals surface area (Å²) in [6.45, 7) is 4.75. The van der Waals surface area contributed by atoms with Gasteiger partial charge in [-0.05, 0) is 18.4 Å². The summed E-state index contributed by atoms with van der Waals surface area (Å²) in [6, 6.07) is 7.49. The molecule has 0 aromatic heterocycles. The average Bonchev–Trinajstić information content (AvgIpc) is 2.42. The minimum Gasteiger partial charge on any atom is -0.496 e. The summed E-state index contributed by atoms with van der Waals surface area (Å²) in [5.74, 6) is 1.03. The van der Waals surface area contributed by atoms with Gasteiger partial charge in [-0.1, -0.05) is 32.0 Å². The van der Waals surface area contributed by atoms with Gasteiger partial charge in [-0.15, -0.1) is 0 Å². The maximum Gasteiger partial charge on any atom is 0.322 e. The summed E-state index contributed by atoms with van der Waals surface area (Å²) in [4.78, 5) is 11.7. The molecule has 19 heavy (non-hydrogen) atoms. The highest BCUT2D eigenvalue weighted by molar-refractivity contribution is 5.75. The lowest BCUT2D eigenvalue weighted by Gasteiger charge is -2.19. The van der Waals surface area contributed by atoms with Crippen molar-refractivity contribution in [3.63, 3.8) is 0 Å². The highest BCUT2D eigenvalue weighted by atomic mass is 16.5. The van der Waals surface area contributed by atoms with E-state index in [1.54, 1.807) is 7.11 Å². The van der Waals surface area contributed by atoms with E-state index in [-0.39, 0.29) is 12.0 Å². The Kier molecular flexibility index (Phi) is 6.36. The lowest BCUT2D eigenvalue weighted by atomic mass is 10.0. The van der Waals surface area contributed by atoms with Crippen molar-refractivity contribution in [2.45, 2.75) is 32.9 Å². The topological polar surface area (TPSA) is 47.6 Å². The zero-order chi connectivity index (χ0) is 14.3. The van der Waals surface area contributed by atoms with Crippen LogP contribution in [0, 0.1) is 5.92 Å². The number of esters is 1. The van der Waals surface area contributed by atoms with Crippen LogP contribution in [0.1, 0.15) is 25.8 Å². The normalized spacial score (nSPS) is 12.3. The number of ether oxygens (including phenoxy) is 2. The van der Waals surface area contributed by atoms with Crippen LogP contribution in [0.4, 0.5) is 0 Å². The molecule has 1 atom stereocenters. The molecule has 106 valence electrons. The maximum absolute atomic E-state index is 11.7. The Hall–Kier alpha value is -1.55. The summed E-state index contributed by atoms with van der Waals surface area (Å²) in [6.07, 6.45) is 0.752. The molecular formula is C15H23NO3. The summed E-state index contributed by atoms with van der Waals surface area (Å²) >= 11 is 0. The third kappa shape index (κ3) is 4.91. The smallest absolute Gasteiger partial charge is 0.322 e. The summed E-state index contributed by atoms with van der Waals surface area (Å²) in [7, 11) is 3.06. The molecule has 0 saturated carbocycles. The minimum absolute atomic E-state index is 0.219. The van der Waals surface area contributed by atoms with Crippen LogP contribution in [-0.4, -0.2) is 26.2 Å². The molecule has 1 aromatic rings. The molecule has 0 bridgehead atoms. The van der Waals surface area contributed by atoms with Crippen LogP contribution in [0.3, 0.4) is 0 Å². The number of hydrogen-bond acceptors (Lipinski definition) is 4. The number of nitrogens with one attached hydrogen (secondary N) is 1. The molecule has 0 fully saturated rings. The van der Waals surface area contributed by atoms with Gasteiger partial charge in [0.05, 0.1) is 14.2 Å². The van der Waals surface area contributed by atoms with Crippen LogP contribution in [0.15, 0.2) is 24.3 Å². The minimum atomic E-state index is -0.282. The Bertz CT molecular complexity index is 404. The van der Waals surface area contributed by atoms with Gasteiger partial charge < -0.3 is 14.8 Å². The summed E-state index contributed by atoms with van der Waals surface area (Å²) in [5.41, 5.74) is 1.03. The molecule has 0 aliphatic carbocycles. The number of hydrogen-bond donors (Lipinski definition) is 1. The lowest BCUT2D eigenvalue weighted by Crippen LogP contribution is -2.38. The Balaban J connectivity index is 2.67. The third-order valence-electron chi connectivity index (χ3n) is 2.92. The van der Waals surface area contributed by atoms with Crippen LogP contribution in [0.5, 0.6) is 5.75 Å². The zero-order valence-corrected chi connectivity index (χ0v) is 12.1. The Morgan fingerprint density at radius 3 is 2.53 bits per heavy atom. The maximum atomic E-state index is 11.7. The van der Waals surface area contributed by atoms with Crippen molar-refractivity contribution in [2.75, 3.05) is 14.2 Å². The van der Waals surface area contributed by atoms with Crippen molar-refractivity contribution >= 4 is 5.97 Å². The largest absolute Gasteiger partial charge is 0.496 e. The molecule has 0 amide bonds. The SMILES string of the molecule is COC(=O)[C@@H](CC(C)C)NCc1ccccc1OC. The highest BCUT2D eigenvalue weighted by Crippen LogP contribution is 2.17. The van der Waals surface area contributed by atoms with E-state index in [1.807, 2.05) is 24.3 Å². The second-order valence-corrected chi connectivity index (χ2v) is 4.90. The monoisotopic (exact) mass is 265 g/mol. The first kappa shape index (κ1) is 15.5. The fourth-order valence-corrected chi connectivity index (χ4v) is 1.96. The van der Waals surface area contributed by atoms with Gasteiger partial charge in [0.15, 0.2) is 0 Å². The predicted molar refractivity (Wildman–Crippen MR) is 75.1 cm³/mol. The number of rotatable bonds is 7. The van der Waals surface area contributed by atoms with E-state index in [4.69, 9.17) is 9.47 Å². The first-order valence-electron chi connectivity index (χ1n) is 6.51. The second kappa shape index (κ2) is 7.79. The molecule has 0 spiro atoms. The number of carbonyl (C=O) groups is 1. The Morgan fingerprint density at radius 1 is 1.26 bits per heavy atom. The van der Waals surface area contributed by atoms with E-state index < -0.39 is 0 Å². The van der Waals surface area contributed by atoms with E-state index in [0.717, 1.165) is 17.7 Å². The van der Waals surface area contributed by atoms with Crippen molar-refractivity contribution < 1.29 is 14.3 Å². The quantitative estimate of drug-likeness (QED) is 0.769. The van der Waals surface area contributed by atoms with Crippen LogP contribution in [0.2, 0.25) is 0 Å². The fourth-order valence-electron chi connectivity index (χ4n) is 1.96. The third-order valence-corrected chi connectivity index (χ3v) is 2.92. The van der Waals surface area contributed by atoms with Crippen molar-refractivity contribution in [3.05, 3.63) is 29.8 Å². The molecule has 1 N–H and O–H groups in total. The van der Waals surface area contributed by atoms with Gasteiger partial charge in [0, 0.05) is 12.1 Å². The molecule has 0 heterocycles. The van der Waals surface area contributed by atoms with E-state index in [1.165, 1.54) is 7.11 Å². The summed E-state index contributed by atoms with van der Waals surface area (Å²) in [5, 5.41) is 3.24. The van der Waals surface area contributed by atoms with Crippen molar-refractivity contribution in [2.24, 2.45) is 5.92 Å². The standard InChI is InChI=1S/C15H23NO3/c1-11(2)9-13(15(17)19-4)16-10-12-7-5-6-8-14(12)18-3/h5-8,11,13,16H,9-10H2,1-4H3/t13-/m1/s1. The van der Waals surface area contributed by atoms with E-state index in [2.05, 4.69) is 19.2 Å². The summed E-state index contributed by atoms with van der Waals surface area (Å²) < 4.78 is 10.1. The Labute approximate surface area is 115 Å². The highest BCUT2D eigenvalue weighted by Gasteiger charge is 2.20. The Morgan fingerprint density at radius 2 is 1.95 bits per heavy atom. The number of carbonyl (C=O) groups excluding carboxylic acids is 1. The van der Waals surface area contributed by atoms with Crippen molar-refractivity contribution in [1.82, 2.24) is 5.32 Å². The second-order valence-electron chi connectivity index (χ2n) is 4.90. The van der Waals surface area contributed by atoms with E-state index in [9.17, 15) is 4.79 Å². The zero-order valence-electron chi connectivity index (χ0n) is 12.1. The molecule has 1 rings (SSSR count). The van der Waals surface area contributed by atoms with Gasteiger partial charge in [-0.25, -0.2) is 0 Å². The molecule has 0 aliphatic heterocycles. The molecule has 0 radical (unpaired) electrons. The molecule has 1 aromatic carbocycles. The number of methoxy groups -OCH3 is 2.